The van der Waals surface area contributed by atoms with E-state index in [1.54, 1.807) is 0 Å². The quantitative estimate of drug-likeness (QED) is 0.763. The molecule has 1 N–H and O–H groups in total. The van der Waals surface area contributed by atoms with E-state index in [1.807, 2.05) is 18.2 Å². The standard InChI is InChI=1S/C16H21BrO2/c1-10-5-6-16(11(2)7-10)9-14(18)13-4-3-12(17)8-15(13)19-16/h3-4,8,10-11,14,18H,5-7,9H2,1-2H3/t10?,11?,14-,16?/m1/s1. The van der Waals surface area contributed by atoms with Crippen LogP contribution >= 0.6 is 15.9 Å². The number of hydrogen-bond acceptors (Lipinski definition) is 2. The Hall–Kier alpha value is -0.540. The Morgan fingerprint density at radius 2 is 2.16 bits per heavy atom. The van der Waals surface area contributed by atoms with E-state index in [9.17, 15) is 5.11 Å². The predicted octanol–water partition coefficient (Wildman–Crippen LogP) is 4.46. The number of halogens is 1. The monoisotopic (exact) mass is 324 g/mol. The van der Waals surface area contributed by atoms with Gasteiger partial charge in [-0.2, -0.15) is 0 Å². The molecule has 2 aliphatic rings. The molecule has 1 aliphatic carbocycles. The number of ether oxygens (including phenoxy) is 1. The lowest BCUT2D eigenvalue weighted by atomic mass is 9.68. The average Bonchev–Trinajstić information content (AvgIpc) is 2.34. The summed E-state index contributed by atoms with van der Waals surface area (Å²) in [6.45, 7) is 4.58. The van der Waals surface area contributed by atoms with E-state index in [-0.39, 0.29) is 5.60 Å². The van der Waals surface area contributed by atoms with Crippen LogP contribution in [0.1, 0.15) is 51.2 Å². The second-order valence-corrected chi connectivity index (χ2v) is 7.27. The Morgan fingerprint density at radius 3 is 2.89 bits per heavy atom. The molecule has 2 nitrogen and oxygen atoms in total. The van der Waals surface area contributed by atoms with Gasteiger partial charge < -0.3 is 9.84 Å². The second kappa shape index (κ2) is 4.78. The highest BCUT2D eigenvalue weighted by molar-refractivity contribution is 9.10. The molecular weight excluding hydrogens is 304 g/mol. The van der Waals surface area contributed by atoms with Crippen molar-refractivity contribution in [3.8, 4) is 5.75 Å². The van der Waals surface area contributed by atoms with E-state index in [0.29, 0.717) is 5.92 Å². The van der Waals surface area contributed by atoms with Gasteiger partial charge in [-0.25, -0.2) is 0 Å². The molecule has 0 aromatic heterocycles. The van der Waals surface area contributed by atoms with E-state index >= 15 is 0 Å². The molecule has 1 saturated carbocycles. The maximum absolute atomic E-state index is 10.5. The van der Waals surface area contributed by atoms with Gasteiger partial charge in [-0.15, -0.1) is 0 Å². The zero-order chi connectivity index (χ0) is 13.6. The van der Waals surface area contributed by atoms with Crippen molar-refractivity contribution in [3.05, 3.63) is 28.2 Å². The molecule has 0 amide bonds. The third-order valence-electron chi connectivity index (χ3n) is 4.90. The van der Waals surface area contributed by atoms with Crippen molar-refractivity contribution in [2.75, 3.05) is 0 Å². The molecule has 1 heterocycles. The molecule has 3 heteroatoms. The van der Waals surface area contributed by atoms with Crippen LogP contribution in [0.15, 0.2) is 22.7 Å². The lowest BCUT2D eigenvalue weighted by molar-refractivity contribution is -0.0802. The maximum atomic E-state index is 10.5. The molecule has 4 atom stereocenters. The molecular formula is C16H21BrO2. The van der Waals surface area contributed by atoms with Crippen LogP contribution in [0.4, 0.5) is 0 Å². The molecule has 3 unspecified atom stereocenters. The van der Waals surface area contributed by atoms with Crippen molar-refractivity contribution < 1.29 is 9.84 Å². The van der Waals surface area contributed by atoms with Gasteiger partial charge in [0.25, 0.3) is 0 Å². The van der Waals surface area contributed by atoms with Crippen LogP contribution in [0, 0.1) is 11.8 Å². The van der Waals surface area contributed by atoms with Gasteiger partial charge in [-0.1, -0.05) is 35.8 Å². The van der Waals surface area contributed by atoms with Gasteiger partial charge in [0, 0.05) is 16.5 Å². The van der Waals surface area contributed by atoms with E-state index in [1.165, 1.54) is 12.8 Å². The van der Waals surface area contributed by atoms with Gasteiger partial charge in [0.1, 0.15) is 11.4 Å². The van der Waals surface area contributed by atoms with Crippen LogP contribution in [0.3, 0.4) is 0 Å². The van der Waals surface area contributed by atoms with Gasteiger partial charge in [-0.3, -0.25) is 0 Å². The summed E-state index contributed by atoms with van der Waals surface area (Å²) in [4.78, 5) is 0. The summed E-state index contributed by atoms with van der Waals surface area (Å²) in [5.74, 6) is 2.12. The van der Waals surface area contributed by atoms with Crippen LogP contribution in [-0.4, -0.2) is 10.7 Å². The third kappa shape index (κ3) is 2.31. The second-order valence-electron chi connectivity index (χ2n) is 6.35. The molecule has 1 fully saturated rings. The third-order valence-corrected chi connectivity index (χ3v) is 5.39. The molecule has 1 aromatic carbocycles. The number of benzene rings is 1. The summed E-state index contributed by atoms with van der Waals surface area (Å²) in [7, 11) is 0. The first kappa shape index (κ1) is 13.4. The van der Waals surface area contributed by atoms with Crippen molar-refractivity contribution in [1.29, 1.82) is 0 Å². The fraction of sp³-hybridized carbons (Fsp3) is 0.625. The Labute approximate surface area is 123 Å². The smallest absolute Gasteiger partial charge is 0.127 e. The van der Waals surface area contributed by atoms with Crippen molar-refractivity contribution >= 4 is 15.9 Å². The van der Waals surface area contributed by atoms with Gasteiger partial charge in [0.15, 0.2) is 0 Å². The van der Waals surface area contributed by atoms with Gasteiger partial charge in [0.05, 0.1) is 6.10 Å². The first-order valence-electron chi connectivity index (χ1n) is 7.17. The number of fused-ring (bicyclic) bond motifs is 1. The van der Waals surface area contributed by atoms with E-state index in [2.05, 4.69) is 29.8 Å². The lowest BCUT2D eigenvalue weighted by Gasteiger charge is -2.48. The zero-order valence-electron chi connectivity index (χ0n) is 11.5. The normalized spacial score (nSPS) is 37.8. The van der Waals surface area contributed by atoms with Crippen LogP contribution < -0.4 is 4.74 Å². The van der Waals surface area contributed by atoms with Crippen LogP contribution in [-0.2, 0) is 0 Å². The first-order chi connectivity index (χ1) is 9.00. The highest BCUT2D eigenvalue weighted by Gasteiger charge is 2.47. The Kier molecular flexibility index (Phi) is 3.38. The summed E-state index contributed by atoms with van der Waals surface area (Å²) in [6, 6.07) is 5.92. The van der Waals surface area contributed by atoms with E-state index in [4.69, 9.17) is 4.74 Å². The molecule has 1 spiro atoms. The maximum Gasteiger partial charge on any atom is 0.127 e. The van der Waals surface area contributed by atoms with Crippen molar-refractivity contribution in [3.63, 3.8) is 0 Å². The Balaban J connectivity index is 1.95. The molecule has 0 saturated heterocycles. The highest BCUT2D eigenvalue weighted by atomic mass is 79.9. The Morgan fingerprint density at radius 1 is 1.37 bits per heavy atom. The van der Waals surface area contributed by atoms with E-state index in [0.717, 1.165) is 34.5 Å². The fourth-order valence-corrected chi connectivity index (χ4v) is 4.04. The number of hydrogen-bond donors (Lipinski definition) is 1. The summed E-state index contributed by atoms with van der Waals surface area (Å²) < 4.78 is 7.39. The summed E-state index contributed by atoms with van der Waals surface area (Å²) in [5, 5.41) is 10.5. The number of aliphatic hydroxyl groups is 1. The summed E-state index contributed by atoms with van der Waals surface area (Å²) in [6.07, 6.45) is 3.78. The summed E-state index contributed by atoms with van der Waals surface area (Å²) in [5.41, 5.74) is 0.763. The largest absolute Gasteiger partial charge is 0.486 e. The molecule has 104 valence electrons. The van der Waals surface area contributed by atoms with Gasteiger partial charge in [0.2, 0.25) is 0 Å². The first-order valence-corrected chi connectivity index (χ1v) is 7.96. The minimum atomic E-state index is -0.396. The average molecular weight is 325 g/mol. The molecule has 1 aliphatic heterocycles. The van der Waals surface area contributed by atoms with Crippen molar-refractivity contribution in [2.45, 2.75) is 51.2 Å². The van der Waals surface area contributed by atoms with Crippen LogP contribution in [0.5, 0.6) is 5.75 Å². The zero-order valence-corrected chi connectivity index (χ0v) is 13.1. The minimum Gasteiger partial charge on any atom is -0.486 e. The van der Waals surface area contributed by atoms with Crippen molar-refractivity contribution in [1.82, 2.24) is 0 Å². The van der Waals surface area contributed by atoms with Gasteiger partial charge >= 0.3 is 0 Å². The number of aliphatic hydroxyl groups excluding tert-OH is 1. The lowest BCUT2D eigenvalue weighted by Crippen LogP contribution is -2.49. The molecule has 0 bridgehead atoms. The van der Waals surface area contributed by atoms with Gasteiger partial charge in [-0.05, 0) is 43.2 Å². The SMILES string of the molecule is CC1CCC2(C[C@@H](O)c3ccc(Br)cc3O2)C(C)C1. The molecule has 19 heavy (non-hydrogen) atoms. The summed E-state index contributed by atoms with van der Waals surface area (Å²) >= 11 is 3.49. The topological polar surface area (TPSA) is 29.5 Å². The van der Waals surface area contributed by atoms with Crippen molar-refractivity contribution in [2.24, 2.45) is 11.8 Å². The predicted molar refractivity (Wildman–Crippen MR) is 79.3 cm³/mol. The highest BCUT2D eigenvalue weighted by Crippen LogP contribution is 2.50. The molecule has 0 radical (unpaired) electrons. The van der Waals surface area contributed by atoms with E-state index < -0.39 is 6.10 Å². The minimum absolute atomic E-state index is 0.167. The fourth-order valence-electron chi connectivity index (χ4n) is 3.70. The molecule has 1 aromatic rings. The Bertz CT molecular complexity index is 488. The molecule has 3 rings (SSSR count). The van der Waals surface area contributed by atoms with Crippen LogP contribution in [0.2, 0.25) is 0 Å². The number of rotatable bonds is 0. The van der Waals surface area contributed by atoms with Crippen LogP contribution in [0.25, 0.3) is 0 Å².